The van der Waals surface area contributed by atoms with E-state index >= 15 is 0 Å². The van der Waals surface area contributed by atoms with Crippen LogP contribution in [-0.4, -0.2) is 29.2 Å². The molecular weight excluding hydrogens is 126 g/mol. The van der Waals surface area contributed by atoms with E-state index in [1.807, 2.05) is 0 Å². The third-order valence-electron chi connectivity index (χ3n) is 1.02. The molecule has 1 saturated heterocycles. The van der Waals surface area contributed by atoms with Crippen molar-refractivity contribution in [1.29, 1.82) is 0 Å². The molecule has 1 aliphatic heterocycles. The van der Waals surface area contributed by atoms with Crippen LogP contribution in [0, 0.1) is 0 Å². The number of epoxide rings is 1. The van der Waals surface area contributed by atoms with Gasteiger partial charge in [-0.3, -0.25) is 4.79 Å². The molecule has 0 aliphatic carbocycles. The van der Waals surface area contributed by atoms with Crippen molar-refractivity contribution in [3.8, 4) is 0 Å². The third-order valence-corrected chi connectivity index (χ3v) is 1.02. The second-order valence-electron chi connectivity index (χ2n) is 1.72. The zero-order chi connectivity index (χ0) is 7.02. The quantitative estimate of drug-likeness (QED) is 0.438. The number of carboxylic acid groups (broad SMARTS) is 1. The van der Waals surface area contributed by atoms with E-state index in [2.05, 4.69) is 4.74 Å². The molecule has 9 heavy (non-hydrogen) atoms. The Kier molecular flexibility index (Phi) is 1.14. The highest BCUT2D eigenvalue weighted by molar-refractivity contribution is 5.90. The lowest BCUT2D eigenvalue weighted by Crippen LogP contribution is -2.22. The van der Waals surface area contributed by atoms with Crippen LogP contribution >= 0.6 is 0 Å². The summed E-state index contributed by atoms with van der Waals surface area (Å²) in [5.74, 6) is -1.86. The Labute approximate surface area is 50.4 Å². The van der Waals surface area contributed by atoms with E-state index in [9.17, 15) is 9.59 Å². The van der Waals surface area contributed by atoms with Crippen molar-refractivity contribution < 1.29 is 19.4 Å². The smallest absolute Gasteiger partial charge is 0.336 e. The summed E-state index contributed by atoms with van der Waals surface area (Å²) in [5, 5.41) is 8.14. The average molecular weight is 131 g/mol. The fourth-order valence-electron chi connectivity index (χ4n) is 0.517. The molecule has 0 unspecified atom stereocenters. The molecule has 1 fully saturated rings. The molecule has 1 amide bonds. The van der Waals surface area contributed by atoms with Crippen LogP contribution < -0.4 is 5.73 Å². The Balaban J connectivity index is 2.42. The van der Waals surface area contributed by atoms with Gasteiger partial charge in [0.2, 0.25) is 5.91 Å². The molecular formula is C4H5NO4. The highest BCUT2D eigenvalue weighted by Crippen LogP contribution is 2.20. The summed E-state index contributed by atoms with van der Waals surface area (Å²) in [6.45, 7) is 0. The first kappa shape index (κ1) is 6.03. The SMILES string of the molecule is NC(=O)[C@H]1O[C@@H]1C(=O)O. The van der Waals surface area contributed by atoms with Gasteiger partial charge in [0.25, 0.3) is 0 Å². The third kappa shape index (κ3) is 0.996. The van der Waals surface area contributed by atoms with Crippen molar-refractivity contribution in [1.82, 2.24) is 0 Å². The summed E-state index contributed by atoms with van der Waals surface area (Å²) in [4.78, 5) is 20.1. The van der Waals surface area contributed by atoms with Gasteiger partial charge in [-0.1, -0.05) is 0 Å². The van der Waals surface area contributed by atoms with Crippen LogP contribution in [0.2, 0.25) is 0 Å². The summed E-state index contributed by atoms with van der Waals surface area (Å²) in [6.07, 6.45) is -1.90. The van der Waals surface area contributed by atoms with E-state index in [4.69, 9.17) is 10.8 Å². The number of primary amides is 1. The Morgan fingerprint density at radius 3 is 2.11 bits per heavy atom. The number of rotatable bonds is 2. The first-order valence-corrected chi connectivity index (χ1v) is 2.30. The van der Waals surface area contributed by atoms with Crippen LogP contribution in [0.3, 0.4) is 0 Å². The van der Waals surface area contributed by atoms with Crippen molar-refractivity contribution in [2.45, 2.75) is 12.2 Å². The number of hydrogen-bond acceptors (Lipinski definition) is 3. The number of amides is 1. The van der Waals surface area contributed by atoms with Gasteiger partial charge in [0.05, 0.1) is 0 Å². The van der Waals surface area contributed by atoms with Crippen molar-refractivity contribution in [2.75, 3.05) is 0 Å². The summed E-state index contributed by atoms with van der Waals surface area (Å²) in [5.41, 5.74) is 4.70. The zero-order valence-corrected chi connectivity index (χ0v) is 4.40. The molecule has 5 heteroatoms. The number of nitrogens with two attached hydrogens (primary N) is 1. The van der Waals surface area contributed by atoms with Crippen molar-refractivity contribution >= 4 is 11.9 Å². The molecule has 0 spiro atoms. The fraction of sp³-hybridized carbons (Fsp3) is 0.500. The highest BCUT2D eigenvalue weighted by atomic mass is 16.6. The largest absolute Gasteiger partial charge is 0.479 e. The molecule has 0 radical (unpaired) electrons. The van der Waals surface area contributed by atoms with Crippen molar-refractivity contribution in [2.24, 2.45) is 5.73 Å². The van der Waals surface area contributed by atoms with Gasteiger partial charge in [0.1, 0.15) is 0 Å². The second kappa shape index (κ2) is 1.70. The summed E-state index contributed by atoms with van der Waals surface area (Å²) >= 11 is 0. The van der Waals surface area contributed by atoms with E-state index in [-0.39, 0.29) is 0 Å². The molecule has 0 aromatic heterocycles. The topological polar surface area (TPSA) is 92.9 Å². The predicted molar refractivity (Wildman–Crippen MR) is 25.5 cm³/mol. The minimum Gasteiger partial charge on any atom is -0.479 e. The molecule has 50 valence electrons. The summed E-state index contributed by atoms with van der Waals surface area (Å²) in [7, 11) is 0. The number of carboxylic acids is 1. The van der Waals surface area contributed by atoms with Crippen LogP contribution in [0.15, 0.2) is 0 Å². The van der Waals surface area contributed by atoms with Gasteiger partial charge in [-0.25, -0.2) is 4.79 Å². The van der Waals surface area contributed by atoms with Crippen LogP contribution in [0.25, 0.3) is 0 Å². The molecule has 1 aliphatic rings. The maximum atomic E-state index is 10.1. The minimum atomic E-state index is -1.14. The molecule has 0 aromatic carbocycles. The second-order valence-corrected chi connectivity index (χ2v) is 1.72. The molecule has 5 nitrogen and oxygen atoms in total. The van der Waals surface area contributed by atoms with Crippen LogP contribution in [0.1, 0.15) is 0 Å². The molecule has 2 atom stereocenters. The van der Waals surface area contributed by atoms with E-state index < -0.39 is 24.1 Å². The predicted octanol–water partition coefficient (Wildman–Crippen LogP) is -1.68. The molecule has 1 rings (SSSR count). The van der Waals surface area contributed by atoms with Crippen LogP contribution in [-0.2, 0) is 14.3 Å². The highest BCUT2D eigenvalue weighted by Gasteiger charge is 2.49. The van der Waals surface area contributed by atoms with Crippen LogP contribution in [0.5, 0.6) is 0 Å². The van der Waals surface area contributed by atoms with E-state index in [0.717, 1.165) is 0 Å². The summed E-state index contributed by atoms with van der Waals surface area (Å²) < 4.78 is 4.37. The van der Waals surface area contributed by atoms with Crippen LogP contribution in [0.4, 0.5) is 0 Å². The Morgan fingerprint density at radius 2 is 2.00 bits per heavy atom. The van der Waals surface area contributed by atoms with Gasteiger partial charge in [-0.05, 0) is 0 Å². The molecule has 0 aromatic rings. The molecule has 3 N–H and O–H groups in total. The van der Waals surface area contributed by atoms with Gasteiger partial charge in [-0.15, -0.1) is 0 Å². The first-order chi connectivity index (χ1) is 4.13. The Bertz CT molecular complexity index is 148. The summed E-state index contributed by atoms with van der Waals surface area (Å²) in [6, 6.07) is 0. The monoisotopic (exact) mass is 131 g/mol. The number of ether oxygens (including phenoxy) is 1. The maximum Gasteiger partial charge on any atom is 0.336 e. The first-order valence-electron chi connectivity index (χ1n) is 2.30. The Hall–Kier alpha value is -1.10. The van der Waals surface area contributed by atoms with Gasteiger partial charge >= 0.3 is 5.97 Å². The lowest BCUT2D eigenvalue weighted by Gasteiger charge is -1.79. The minimum absolute atomic E-state index is 0.720. The zero-order valence-electron chi connectivity index (χ0n) is 4.40. The van der Waals surface area contributed by atoms with E-state index in [0.29, 0.717) is 0 Å². The lowest BCUT2D eigenvalue weighted by molar-refractivity contribution is -0.138. The molecule has 0 bridgehead atoms. The van der Waals surface area contributed by atoms with Crippen molar-refractivity contribution in [3.63, 3.8) is 0 Å². The average Bonchev–Trinajstić information content (AvgIpc) is 2.39. The number of aliphatic carboxylic acids is 1. The Morgan fingerprint density at radius 1 is 1.44 bits per heavy atom. The maximum absolute atomic E-state index is 10.1. The van der Waals surface area contributed by atoms with Crippen molar-refractivity contribution in [3.05, 3.63) is 0 Å². The van der Waals surface area contributed by atoms with Gasteiger partial charge in [-0.2, -0.15) is 0 Å². The number of hydrogen-bond donors (Lipinski definition) is 2. The van der Waals surface area contributed by atoms with Gasteiger partial charge in [0, 0.05) is 0 Å². The number of carbonyl (C=O) groups excluding carboxylic acids is 1. The van der Waals surface area contributed by atoms with E-state index in [1.165, 1.54) is 0 Å². The van der Waals surface area contributed by atoms with Gasteiger partial charge in [0.15, 0.2) is 12.2 Å². The molecule has 0 saturated carbocycles. The fourth-order valence-corrected chi connectivity index (χ4v) is 0.517. The van der Waals surface area contributed by atoms with Gasteiger partial charge < -0.3 is 15.6 Å². The standard InChI is InChI=1S/C4H5NO4/c5-3(6)1-2(9-1)4(7)8/h1-2H,(H2,5,6)(H,7,8)/t1-,2-/m0/s1. The number of carbonyl (C=O) groups is 2. The normalized spacial score (nSPS) is 31.6. The lowest BCUT2D eigenvalue weighted by atomic mass is 10.3. The molecule has 1 heterocycles. The van der Waals surface area contributed by atoms with E-state index in [1.54, 1.807) is 0 Å².